The van der Waals surface area contributed by atoms with Gasteiger partial charge >= 0.3 is 0 Å². The highest BCUT2D eigenvalue weighted by atomic mass is 79.9. The molecule has 1 rings (SSSR count). The Hall–Kier alpha value is -1.07. The van der Waals surface area contributed by atoms with Gasteiger partial charge in [-0.25, -0.2) is 0 Å². The zero-order valence-electron chi connectivity index (χ0n) is 10.4. The highest BCUT2D eigenvalue weighted by molar-refractivity contribution is 9.10. The van der Waals surface area contributed by atoms with Crippen molar-refractivity contribution in [3.8, 4) is 5.75 Å². The molecule has 0 aliphatic rings. The summed E-state index contributed by atoms with van der Waals surface area (Å²) in [6.07, 6.45) is 0.594. The van der Waals surface area contributed by atoms with Gasteiger partial charge in [-0.3, -0.25) is 4.79 Å². The summed E-state index contributed by atoms with van der Waals surface area (Å²) in [6.45, 7) is 3.22. The standard InChI is InChI=1S/C13H18BrNO3/c1-2-15(7-4-8-16)13(17)10-18-12-6-3-5-11(14)9-12/h3,5-6,9,16H,2,4,7-8,10H2,1H3. The first-order valence-electron chi connectivity index (χ1n) is 5.94. The molecule has 0 atom stereocenters. The molecule has 1 amide bonds. The number of aliphatic hydroxyl groups is 1. The molecule has 1 aromatic rings. The van der Waals surface area contributed by atoms with Crippen molar-refractivity contribution in [2.45, 2.75) is 13.3 Å². The average Bonchev–Trinajstić information content (AvgIpc) is 2.37. The summed E-state index contributed by atoms with van der Waals surface area (Å²) in [4.78, 5) is 13.5. The van der Waals surface area contributed by atoms with Crippen LogP contribution in [-0.4, -0.2) is 42.2 Å². The van der Waals surface area contributed by atoms with Crippen LogP contribution in [0.3, 0.4) is 0 Å². The molecular weight excluding hydrogens is 298 g/mol. The number of aliphatic hydroxyl groups excluding tert-OH is 1. The third kappa shape index (κ3) is 5.06. The highest BCUT2D eigenvalue weighted by Gasteiger charge is 2.11. The lowest BCUT2D eigenvalue weighted by Crippen LogP contribution is -2.35. The zero-order valence-corrected chi connectivity index (χ0v) is 12.0. The smallest absolute Gasteiger partial charge is 0.260 e. The first kappa shape index (κ1) is 15.0. The predicted molar refractivity (Wildman–Crippen MR) is 73.6 cm³/mol. The molecule has 0 aliphatic heterocycles. The number of nitrogens with zero attached hydrogens (tertiary/aromatic N) is 1. The summed E-state index contributed by atoms with van der Waals surface area (Å²) >= 11 is 3.34. The van der Waals surface area contributed by atoms with E-state index in [9.17, 15) is 4.79 Å². The van der Waals surface area contributed by atoms with Gasteiger partial charge in [0.1, 0.15) is 5.75 Å². The van der Waals surface area contributed by atoms with Gasteiger partial charge in [-0.05, 0) is 31.5 Å². The maximum absolute atomic E-state index is 11.8. The van der Waals surface area contributed by atoms with Crippen molar-refractivity contribution in [1.29, 1.82) is 0 Å². The van der Waals surface area contributed by atoms with E-state index in [0.717, 1.165) is 4.47 Å². The van der Waals surface area contributed by atoms with E-state index >= 15 is 0 Å². The Labute approximate surface area is 116 Å². The van der Waals surface area contributed by atoms with Crippen LogP contribution in [0.5, 0.6) is 5.75 Å². The molecule has 0 heterocycles. The molecule has 5 heteroatoms. The number of rotatable bonds is 7. The molecule has 0 spiro atoms. The summed E-state index contributed by atoms with van der Waals surface area (Å²) in [7, 11) is 0. The molecule has 1 aromatic carbocycles. The van der Waals surface area contributed by atoms with Gasteiger partial charge in [0.2, 0.25) is 0 Å². The van der Waals surface area contributed by atoms with Gasteiger partial charge in [0.15, 0.2) is 6.61 Å². The second-order valence-electron chi connectivity index (χ2n) is 3.80. The van der Waals surface area contributed by atoms with E-state index in [0.29, 0.717) is 25.3 Å². The van der Waals surface area contributed by atoms with Gasteiger partial charge in [0.05, 0.1) is 0 Å². The first-order valence-corrected chi connectivity index (χ1v) is 6.73. The molecule has 0 bridgehead atoms. The number of hydrogen-bond donors (Lipinski definition) is 1. The molecule has 18 heavy (non-hydrogen) atoms. The second kappa shape index (κ2) is 8.11. The van der Waals surface area contributed by atoms with Gasteiger partial charge in [0.25, 0.3) is 5.91 Å². The normalized spacial score (nSPS) is 10.2. The lowest BCUT2D eigenvalue weighted by molar-refractivity contribution is -0.133. The molecule has 1 N–H and O–H groups in total. The van der Waals surface area contributed by atoms with Crippen molar-refractivity contribution < 1.29 is 14.6 Å². The Morgan fingerprint density at radius 3 is 2.89 bits per heavy atom. The maximum atomic E-state index is 11.8. The highest BCUT2D eigenvalue weighted by Crippen LogP contribution is 2.17. The van der Waals surface area contributed by atoms with E-state index in [1.54, 1.807) is 4.90 Å². The van der Waals surface area contributed by atoms with Gasteiger partial charge in [-0.1, -0.05) is 22.0 Å². The Bertz CT molecular complexity index is 384. The Morgan fingerprint density at radius 1 is 1.50 bits per heavy atom. The number of benzene rings is 1. The van der Waals surface area contributed by atoms with Crippen LogP contribution in [0.4, 0.5) is 0 Å². The van der Waals surface area contributed by atoms with Crippen LogP contribution in [-0.2, 0) is 4.79 Å². The third-order valence-corrected chi connectivity index (χ3v) is 2.97. The monoisotopic (exact) mass is 315 g/mol. The summed E-state index contributed by atoms with van der Waals surface area (Å²) in [5, 5.41) is 8.76. The van der Waals surface area contributed by atoms with E-state index in [2.05, 4.69) is 15.9 Å². The fourth-order valence-corrected chi connectivity index (χ4v) is 1.89. The van der Waals surface area contributed by atoms with Crippen LogP contribution in [0.15, 0.2) is 28.7 Å². The van der Waals surface area contributed by atoms with Gasteiger partial charge < -0.3 is 14.7 Å². The number of likely N-dealkylation sites (N-methyl/N-ethyl adjacent to an activating group) is 1. The predicted octanol–water partition coefficient (Wildman–Crippen LogP) is 2.06. The van der Waals surface area contributed by atoms with Crippen LogP contribution in [0.1, 0.15) is 13.3 Å². The Kier molecular flexibility index (Phi) is 6.75. The number of carbonyl (C=O) groups is 1. The second-order valence-corrected chi connectivity index (χ2v) is 4.71. The van der Waals surface area contributed by atoms with Crippen LogP contribution >= 0.6 is 15.9 Å². The van der Waals surface area contributed by atoms with Crippen LogP contribution in [0, 0.1) is 0 Å². The van der Waals surface area contributed by atoms with Crippen LogP contribution in [0.25, 0.3) is 0 Å². The van der Waals surface area contributed by atoms with Crippen molar-refractivity contribution in [1.82, 2.24) is 4.90 Å². The van der Waals surface area contributed by atoms with Crippen molar-refractivity contribution in [2.75, 3.05) is 26.3 Å². The van der Waals surface area contributed by atoms with Crippen molar-refractivity contribution >= 4 is 21.8 Å². The molecule has 0 saturated heterocycles. The minimum Gasteiger partial charge on any atom is -0.484 e. The summed E-state index contributed by atoms with van der Waals surface area (Å²) in [6, 6.07) is 7.38. The van der Waals surface area contributed by atoms with Gasteiger partial charge in [0, 0.05) is 24.2 Å². The molecule has 4 nitrogen and oxygen atoms in total. The minimum absolute atomic E-state index is 0.0235. The quantitative estimate of drug-likeness (QED) is 0.838. The number of ether oxygens (including phenoxy) is 1. The Morgan fingerprint density at radius 2 is 2.28 bits per heavy atom. The maximum Gasteiger partial charge on any atom is 0.260 e. The van der Waals surface area contributed by atoms with E-state index in [1.165, 1.54) is 0 Å². The van der Waals surface area contributed by atoms with E-state index in [4.69, 9.17) is 9.84 Å². The number of carbonyl (C=O) groups excluding carboxylic acids is 1. The third-order valence-electron chi connectivity index (χ3n) is 2.48. The van der Waals surface area contributed by atoms with E-state index in [1.807, 2.05) is 31.2 Å². The molecule has 0 aliphatic carbocycles. The van der Waals surface area contributed by atoms with Crippen LogP contribution < -0.4 is 4.74 Å². The fourth-order valence-electron chi connectivity index (χ4n) is 1.51. The fraction of sp³-hybridized carbons (Fsp3) is 0.462. The first-order chi connectivity index (χ1) is 8.67. The topological polar surface area (TPSA) is 49.8 Å². The number of hydrogen-bond acceptors (Lipinski definition) is 3. The average molecular weight is 316 g/mol. The Balaban J connectivity index is 2.44. The van der Waals surface area contributed by atoms with E-state index < -0.39 is 0 Å². The molecule has 100 valence electrons. The molecule has 0 radical (unpaired) electrons. The summed E-state index contributed by atoms with van der Waals surface area (Å²) in [5.41, 5.74) is 0. The molecule has 0 saturated carbocycles. The van der Waals surface area contributed by atoms with Gasteiger partial charge in [-0.15, -0.1) is 0 Å². The molecular formula is C13H18BrNO3. The number of amides is 1. The SMILES string of the molecule is CCN(CCCO)C(=O)COc1cccc(Br)c1. The van der Waals surface area contributed by atoms with Gasteiger partial charge in [-0.2, -0.15) is 0 Å². The van der Waals surface area contributed by atoms with Crippen molar-refractivity contribution in [3.05, 3.63) is 28.7 Å². The van der Waals surface area contributed by atoms with Crippen LogP contribution in [0.2, 0.25) is 0 Å². The zero-order chi connectivity index (χ0) is 13.4. The lowest BCUT2D eigenvalue weighted by atomic mass is 10.3. The van der Waals surface area contributed by atoms with Crippen molar-refractivity contribution in [2.24, 2.45) is 0 Å². The summed E-state index contributed by atoms with van der Waals surface area (Å²) in [5.74, 6) is 0.599. The molecule has 0 unspecified atom stereocenters. The lowest BCUT2D eigenvalue weighted by Gasteiger charge is -2.20. The van der Waals surface area contributed by atoms with Crippen molar-refractivity contribution in [3.63, 3.8) is 0 Å². The van der Waals surface area contributed by atoms with E-state index in [-0.39, 0.29) is 19.1 Å². The largest absolute Gasteiger partial charge is 0.484 e. The molecule has 0 fully saturated rings. The molecule has 0 aromatic heterocycles. The number of halogens is 1. The minimum atomic E-state index is -0.0640. The summed E-state index contributed by atoms with van der Waals surface area (Å²) < 4.78 is 6.34.